The van der Waals surface area contributed by atoms with Crippen LogP contribution in [0.5, 0.6) is 0 Å². The zero-order chi connectivity index (χ0) is 14.8. The molecule has 0 unspecified atom stereocenters. The fourth-order valence-electron chi connectivity index (χ4n) is 2.45. The Balaban J connectivity index is 1.55. The Bertz CT molecular complexity index is 603. The normalized spacial score (nSPS) is 15.0. The summed E-state index contributed by atoms with van der Waals surface area (Å²) in [5.41, 5.74) is 2.64. The minimum Gasteiger partial charge on any atom is -0.465 e. The molecule has 0 radical (unpaired) electrons. The molecule has 1 fully saturated rings. The number of thiophene rings is 1. The summed E-state index contributed by atoms with van der Waals surface area (Å²) in [6.07, 6.45) is 2.62. The molecule has 1 aliphatic carbocycles. The monoisotopic (exact) mass is 368 g/mol. The van der Waals surface area contributed by atoms with Gasteiger partial charge in [-0.3, -0.25) is 4.90 Å². The van der Waals surface area contributed by atoms with Crippen molar-refractivity contribution < 1.29 is 4.42 Å². The lowest BCUT2D eigenvalue weighted by Gasteiger charge is -2.15. The number of aryl methyl sites for hydroxylation is 1. The summed E-state index contributed by atoms with van der Waals surface area (Å²) in [7, 11) is 2.15. The molecule has 3 rings (SSSR count). The van der Waals surface area contributed by atoms with Crippen LogP contribution < -0.4 is 5.32 Å². The second-order valence-electron chi connectivity index (χ2n) is 5.88. The number of halogens is 1. The molecule has 0 atom stereocenters. The lowest BCUT2D eigenvalue weighted by molar-refractivity contribution is 0.316. The second kappa shape index (κ2) is 6.65. The average Bonchev–Trinajstić information content (AvgIpc) is 3.08. The SMILES string of the molecule is Cc1oc(CNC2CC2)cc1CN(C)Cc1csc(Br)c1. The van der Waals surface area contributed by atoms with Crippen molar-refractivity contribution in [3.05, 3.63) is 43.9 Å². The fraction of sp³-hybridized carbons (Fsp3) is 0.500. The molecule has 0 amide bonds. The van der Waals surface area contributed by atoms with E-state index in [-0.39, 0.29) is 0 Å². The molecular weight excluding hydrogens is 348 g/mol. The lowest BCUT2D eigenvalue weighted by Crippen LogP contribution is -2.17. The van der Waals surface area contributed by atoms with Crippen LogP contribution in [-0.2, 0) is 19.6 Å². The number of hydrogen-bond acceptors (Lipinski definition) is 4. The third-order valence-electron chi connectivity index (χ3n) is 3.73. The molecule has 2 aromatic heterocycles. The van der Waals surface area contributed by atoms with E-state index >= 15 is 0 Å². The maximum Gasteiger partial charge on any atom is 0.118 e. The van der Waals surface area contributed by atoms with E-state index in [1.54, 1.807) is 11.3 Å². The van der Waals surface area contributed by atoms with Gasteiger partial charge in [0.25, 0.3) is 0 Å². The Labute approximate surface area is 138 Å². The maximum atomic E-state index is 5.85. The van der Waals surface area contributed by atoms with Gasteiger partial charge in [-0.25, -0.2) is 0 Å². The van der Waals surface area contributed by atoms with Crippen LogP contribution in [0.25, 0.3) is 0 Å². The van der Waals surface area contributed by atoms with Gasteiger partial charge in [-0.2, -0.15) is 0 Å². The van der Waals surface area contributed by atoms with Crippen molar-refractivity contribution in [2.45, 2.75) is 45.4 Å². The van der Waals surface area contributed by atoms with Crippen molar-refractivity contribution in [3.63, 3.8) is 0 Å². The van der Waals surface area contributed by atoms with Gasteiger partial charge in [0.2, 0.25) is 0 Å². The summed E-state index contributed by atoms with van der Waals surface area (Å²) in [5.74, 6) is 2.10. The van der Waals surface area contributed by atoms with Crippen LogP contribution in [0.2, 0.25) is 0 Å². The third kappa shape index (κ3) is 4.42. The van der Waals surface area contributed by atoms with Crippen molar-refractivity contribution >= 4 is 27.3 Å². The van der Waals surface area contributed by atoms with Crippen LogP contribution in [0.15, 0.2) is 25.7 Å². The van der Waals surface area contributed by atoms with E-state index < -0.39 is 0 Å². The quantitative estimate of drug-likeness (QED) is 0.789. The Kier molecular flexibility index (Phi) is 4.84. The van der Waals surface area contributed by atoms with Crippen molar-refractivity contribution in [1.82, 2.24) is 10.2 Å². The number of nitrogens with one attached hydrogen (secondary N) is 1. The van der Waals surface area contributed by atoms with Gasteiger partial charge >= 0.3 is 0 Å². The number of nitrogens with zero attached hydrogens (tertiary/aromatic N) is 1. The summed E-state index contributed by atoms with van der Waals surface area (Å²) in [6.45, 7) is 4.80. The van der Waals surface area contributed by atoms with E-state index in [2.05, 4.69) is 57.6 Å². The highest BCUT2D eigenvalue weighted by Crippen LogP contribution is 2.23. The summed E-state index contributed by atoms with van der Waals surface area (Å²) in [6, 6.07) is 5.11. The van der Waals surface area contributed by atoms with Crippen LogP contribution in [-0.4, -0.2) is 18.0 Å². The molecule has 114 valence electrons. The van der Waals surface area contributed by atoms with E-state index in [4.69, 9.17) is 4.42 Å². The average molecular weight is 369 g/mol. The zero-order valence-corrected chi connectivity index (χ0v) is 14.9. The van der Waals surface area contributed by atoms with Gasteiger partial charge in [0, 0.05) is 24.7 Å². The van der Waals surface area contributed by atoms with Crippen molar-refractivity contribution in [3.8, 4) is 0 Å². The number of furan rings is 1. The first-order valence-corrected chi connectivity index (χ1v) is 9.00. The smallest absolute Gasteiger partial charge is 0.118 e. The van der Waals surface area contributed by atoms with E-state index in [1.165, 1.54) is 27.8 Å². The molecule has 0 aromatic carbocycles. The van der Waals surface area contributed by atoms with Gasteiger partial charge in [0.05, 0.1) is 10.3 Å². The molecule has 1 N–H and O–H groups in total. The van der Waals surface area contributed by atoms with Gasteiger partial charge in [-0.1, -0.05) is 0 Å². The minimum atomic E-state index is 0.721. The molecule has 21 heavy (non-hydrogen) atoms. The minimum absolute atomic E-state index is 0.721. The summed E-state index contributed by atoms with van der Waals surface area (Å²) < 4.78 is 7.05. The van der Waals surface area contributed by atoms with Crippen molar-refractivity contribution in [2.75, 3.05) is 7.05 Å². The van der Waals surface area contributed by atoms with Gasteiger partial charge in [0.15, 0.2) is 0 Å². The molecule has 3 nitrogen and oxygen atoms in total. The standard InChI is InChI=1S/C16H21BrN2OS/c1-11-13(6-15(20-11)7-18-14-3-4-14)9-19(2)8-12-5-16(17)21-10-12/h5-6,10,14,18H,3-4,7-9H2,1-2H3. The first-order chi connectivity index (χ1) is 10.1. The van der Waals surface area contributed by atoms with Crippen molar-refractivity contribution in [2.24, 2.45) is 0 Å². The lowest BCUT2D eigenvalue weighted by atomic mass is 10.2. The van der Waals surface area contributed by atoms with Gasteiger partial charge in [-0.05, 0) is 65.8 Å². The van der Waals surface area contributed by atoms with E-state index in [9.17, 15) is 0 Å². The molecule has 5 heteroatoms. The fourth-order valence-corrected chi connectivity index (χ4v) is 3.65. The summed E-state index contributed by atoms with van der Waals surface area (Å²) >= 11 is 5.25. The van der Waals surface area contributed by atoms with Gasteiger partial charge < -0.3 is 9.73 Å². The zero-order valence-electron chi connectivity index (χ0n) is 12.5. The molecule has 0 spiro atoms. The highest BCUT2D eigenvalue weighted by Gasteiger charge is 2.21. The highest BCUT2D eigenvalue weighted by molar-refractivity contribution is 9.11. The first-order valence-electron chi connectivity index (χ1n) is 7.33. The largest absolute Gasteiger partial charge is 0.465 e. The Hall–Kier alpha value is -0.620. The molecule has 1 saturated carbocycles. The predicted molar refractivity (Wildman–Crippen MR) is 90.5 cm³/mol. The molecule has 2 heterocycles. The predicted octanol–water partition coefficient (Wildman–Crippen LogP) is 4.30. The summed E-state index contributed by atoms with van der Waals surface area (Å²) in [4.78, 5) is 2.32. The van der Waals surface area contributed by atoms with Crippen LogP contribution in [0, 0.1) is 6.92 Å². The second-order valence-corrected chi connectivity index (χ2v) is 8.17. The van der Waals surface area contributed by atoms with Gasteiger partial charge in [0.1, 0.15) is 11.5 Å². The highest BCUT2D eigenvalue weighted by atomic mass is 79.9. The van der Waals surface area contributed by atoms with Crippen LogP contribution in [0.3, 0.4) is 0 Å². The molecule has 2 aromatic rings. The van der Waals surface area contributed by atoms with Crippen LogP contribution in [0.4, 0.5) is 0 Å². The Morgan fingerprint density at radius 3 is 2.86 bits per heavy atom. The number of hydrogen-bond donors (Lipinski definition) is 1. The first kappa shape index (κ1) is 15.3. The maximum absolute atomic E-state index is 5.85. The van der Waals surface area contributed by atoms with Crippen molar-refractivity contribution in [1.29, 1.82) is 0 Å². The van der Waals surface area contributed by atoms with E-state index in [1.807, 2.05) is 0 Å². The molecular formula is C16H21BrN2OS. The van der Waals surface area contributed by atoms with Crippen LogP contribution >= 0.6 is 27.3 Å². The topological polar surface area (TPSA) is 28.4 Å². The Morgan fingerprint density at radius 1 is 1.38 bits per heavy atom. The molecule has 0 bridgehead atoms. The van der Waals surface area contributed by atoms with Crippen LogP contribution in [0.1, 0.15) is 35.5 Å². The molecule has 1 aliphatic rings. The molecule has 0 aliphatic heterocycles. The number of rotatable bonds is 7. The van der Waals surface area contributed by atoms with E-state index in [0.717, 1.165) is 37.2 Å². The Morgan fingerprint density at radius 2 is 2.19 bits per heavy atom. The summed E-state index contributed by atoms with van der Waals surface area (Å²) in [5, 5.41) is 5.70. The van der Waals surface area contributed by atoms with E-state index in [0.29, 0.717) is 0 Å². The molecule has 0 saturated heterocycles. The van der Waals surface area contributed by atoms with Gasteiger partial charge in [-0.15, -0.1) is 11.3 Å². The third-order valence-corrected chi connectivity index (χ3v) is 5.28.